The maximum atomic E-state index is 10.3. The van der Waals surface area contributed by atoms with Crippen LogP contribution in [0.4, 0.5) is 0 Å². The third-order valence-corrected chi connectivity index (χ3v) is 9.93. The summed E-state index contributed by atoms with van der Waals surface area (Å²) in [6.45, 7) is 2.32. The van der Waals surface area contributed by atoms with E-state index in [1.807, 2.05) is 0 Å². The number of carboxylic acids is 2. The number of aromatic carboxylic acids is 2. The Labute approximate surface area is 217 Å². The second-order valence-electron chi connectivity index (χ2n) is 7.32. The normalized spacial score (nSPS) is 10.3. The first-order valence-corrected chi connectivity index (χ1v) is 12.6. The zero-order chi connectivity index (χ0) is 23.7. The van der Waals surface area contributed by atoms with E-state index >= 15 is 0 Å². The Morgan fingerprint density at radius 2 is 0.824 bits per heavy atom. The van der Waals surface area contributed by atoms with Gasteiger partial charge in [-0.1, -0.05) is 54.6 Å². The van der Waals surface area contributed by atoms with Gasteiger partial charge in [0, 0.05) is 0 Å². The van der Waals surface area contributed by atoms with Gasteiger partial charge >= 0.3 is 11.9 Å². The van der Waals surface area contributed by atoms with Crippen LogP contribution >= 0.6 is 7.26 Å². The second-order valence-corrected chi connectivity index (χ2v) is 11.1. The molecule has 0 bridgehead atoms. The van der Waals surface area contributed by atoms with E-state index < -0.39 is 19.2 Å². The first-order chi connectivity index (χ1) is 16.0. The topological polar surface area (TPSA) is 74.6 Å². The molecule has 4 aromatic carbocycles. The SMILES string of the molecule is CC[P+](c1ccccc1)(c1ccccc1)c1ccccc1.O=C(O)c1ccc(C(=O)O)cc1.[I-]. The van der Waals surface area contributed by atoms with Gasteiger partial charge in [0.1, 0.15) is 23.2 Å². The Hall–Kier alpha value is -3.02. The smallest absolute Gasteiger partial charge is 0.335 e. The molecule has 0 radical (unpaired) electrons. The Kier molecular flexibility index (Phi) is 10.4. The number of hydrogen-bond donors (Lipinski definition) is 2. The molecule has 4 rings (SSSR count). The molecule has 0 aromatic heterocycles. The quantitative estimate of drug-likeness (QED) is 0.269. The summed E-state index contributed by atoms with van der Waals surface area (Å²) in [5.41, 5.74) is 0.167. The minimum atomic E-state index is -1.53. The van der Waals surface area contributed by atoms with Gasteiger partial charge in [-0.2, -0.15) is 0 Å². The second kappa shape index (κ2) is 13.0. The van der Waals surface area contributed by atoms with Crippen LogP contribution in [0.3, 0.4) is 0 Å². The molecule has 0 aliphatic carbocycles. The molecule has 34 heavy (non-hydrogen) atoms. The molecule has 0 atom stereocenters. The lowest BCUT2D eigenvalue weighted by Gasteiger charge is -2.26. The van der Waals surface area contributed by atoms with Crippen LogP contribution in [-0.2, 0) is 0 Å². The highest BCUT2D eigenvalue weighted by Crippen LogP contribution is 2.54. The van der Waals surface area contributed by atoms with Crippen LogP contribution in [-0.4, -0.2) is 28.3 Å². The van der Waals surface area contributed by atoms with Crippen LogP contribution < -0.4 is 39.9 Å². The fraction of sp³-hybridized carbons (Fsp3) is 0.0714. The van der Waals surface area contributed by atoms with Gasteiger partial charge in [0.2, 0.25) is 0 Å². The van der Waals surface area contributed by atoms with Gasteiger partial charge in [-0.15, -0.1) is 0 Å². The molecule has 0 heterocycles. The summed E-state index contributed by atoms with van der Waals surface area (Å²) >= 11 is 0. The van der Waals surface area contributed by atoms with Gasteiger partial charge in [-0.3, -0.25) is 0 Å². The molecule has 0 amide bonds. The molecular formula is C28H26IO4P. The van der Waals surface area contributed by atoms with Crippen molar-refractivity contribution in [1.82, 2.24) is 0 Å². The molecule has 0 aliphatic heterocycles. The summed E-state index contributed by atoms with van der Waals surface area (Å²) in [7, 11) is -1.53. The van der Waals surface area contributed by atoms with Crippen molar-refractivity contribution in [2.75, 3.05) is 6.16 Å². The van der Waals surface area contributed by atoms with Crippen molar-refractivity contribution in [2.24, 2.45) is 0 Å². The van der Waals surface area contributed by atoms with Gasteiger partial charge in [0.25, 0.3) is 0 Å². The molecule has 0 saturated heterocycles. The number of rotatable bonds is 6. The lowest BCUT2D eigenvalue weighted by Crippen LogP contribution is -3.00. The van der Waals surface area contributed by atoms with Crippen molar-refractivity contribution in [1.29, 1.82) is 0 Å². The van der Waals surface area contributed by atoms with Gasteiger partial charge in [-0.25, -0.2) is 9.59 Å². The molecule has 6 heteroatoms. The van der Waals surface area contributed by atoms with Gasteiger partial charge in [0.15, 0.2) is 0 Å². The molecule has 0 aliphatic rings. The van der Waals surface area contributed by atoms with Gasteiger partial charge in [-0.05, 0) is 67.6 Å². The summed E-state index contributed by atoms with van der Waals surface area (Å²) in [4.78, 5) is 20.7. The van der Waals surface area contributed by atoms with E-state index in [9.17, 15) is 9.59 Å². The van der Waals surface area contributed by atoms with Gasteiger partial charge in [0.05, 0.1) is 17.3 Å². The molecule has 4 aromatic rings. The summed E-state index contributed by atoms with van der Waals surface area (Å²) in [5.74, 6) is -2.13. The number of carboxylic acid groups (broad SMARTS) is 2. The molecular weight excluding hydrogens is 558 g/mol. The van der Waals surface area contributed by atoms with E-state index in [1.54, 1.807) is 0 Å². The van der Waals surface area contributed by atoms with Crippen molar-refractivity contribution < 1.29 is 43.8 Å². The third kappa shape index (κ3) is 6.31. The van der Waals surface area contributed by atoms with Gasteiger partial charge < -0.3 is 34.2 Å². The maximum absolute atomic E-state index is 10.3. The minimum absolute atomic E-state index is 0. The highest BCUT2D eigenvalue weighted by molar-refractivity contribution is 7.95. The van der Waals surface area contributed by atoms with E-state index in [4.69, 9.17) is 10.2 Å². The molecule has 174 valence electrons. The number of halogens is 1. The lowest BCUT2D eigenvalue weighted by atomic mass is 10.1. The van der Waals surface area contributed by atoms with Crippen LogP contribution in [0.1, 0.15) is 27.6 Å². The first kappa shape index (κ1) is 27.2. The zero-order valence-corrected chi connectivity index (χ0v) is 21.8. The molecule has 4 nitrogen and oxygen atoms in total. The fourth-order valence-corrected chi connectivity index (χ4v) is 7.83. The Bertz CT molecular complexity index is 1050. The van der Waals surface area contributed by atoms with E-state index in [0.29, 0.717) is 0 Å². The molecule has 0 fully saturated rings. The van der Waals surface area contributed by atoms with Crippen LogP contribution in [0.2, 0.25) is 0 Å². The molecule has 2 N–H and O–H groups in total. The molecule has 0 unspecified atom stereocenters. The monoisotopic (exact) mass is 584 g/mol. The predicted octanol–water partition coefficient (Wildman–Crippen LogP) is 2.09. The summed E-state index contributed by atoms with van der Waals surface area (Å²) in [5, 5.41) is 21.3. The van der Waals surface area contributed by atoms with Crippen molar-refractivity contribution in [3.63, 3.8) is 0 Å². The van der Waals surface area contributed by atoms with Crippen molar-refractivity contribution in [2.45, 2.75) is 6.92 Å². The number of carbonyl (C=O) groups is 2. The van der Waals surface area contributed by atoms with E-state index in [2.05, 4.69) is 97.9 Å². The zero-order valence-electron chi connectivity index (χ0n) is 18.7. The third-order valence-electron chi connectivity index (χ3n) is 5.44. The van der Waals surface area contributed by atoms with Crippen molar-refractivity contribution in [3.05, 3.63) is 126 Å². The van der Waals surface area contributed by atoms with Crippen LogP contribution in [0.5, 0.6) is 0 Å². The minimum Gasteiger partial charge on any atom is -1.00 e. The fourth-order valence-electron chi connectivity index (χ4n) is 3.80. The summed E-state index contributed by atoms with van der Waals surface area (Å²) in [6, 6.07) is 38.0. The average Bonchev–Trinajstić information content (AvgIpc) is 2.87. The van der Waals surface area contributed by atoms with Crippen molar-refractivity contribution in [3.8, 4) is 0 Å². The predicted molar refractivity (Wildman–Crippen MR) is 136 cm³/mol. The Morgan fingerprint density at radius 1 is 0.559 bits per heavy atom. The average molecular weight is 584 g/mol. The van der Waals surface area contributed by atoms with Crippen LogP contribution in [0.25, 0.3) is 0 Å². The van der Waals surface area contributed by atoms with E-state index in [1.165, 1.54) is 40.2 Å². The first-order valence-electron chi connectivity index (χ1n) is 10.6. The number of hydrogen-bond acceptors (Lipinski definition) is 2. The number of benzene rings is 4. The lowest BCUT2D eigenvalue weighted by molar-refractivity contribution is -0.0000367. The Morgan fingerprint density at radius 3 is 1.03 bits per heavy atom. The Balaban J connectivity index is 0.000000270. The largest absolute Gasteiger partial charge is 1.00 e. The van der Waals surface area contributed by atoms with E-state index in [-0.39, 0.29) is 35.1 Å². The molecule has 0 spiro atoms. The summed E-state index contributed by atoms with van der Waals surface area (Å²) in [6.07, 6.45) is 1.14. The highest BCUT2D eigenvalue weighted by atomic mass is 127. The van der Waals surface area contributed by atoms with Crippen molar-refractivity contribution >= 4 is 35.1 Å². The van der Waals surface area contributed by atoms with E-state index in [0.717, 1.165) is 6.16 Å². The molecule has 0 saturated carbocycles. The standard InChI is InChI=1S/C20H20P.C8H6O4.HI/c1-2-21(18-12-6-3-7-13-18,19-14-8-4-9-15-19)20-16-10-5-11-17-20;9-7(10)5-1-2-6(4-3-5)8(11)12;/h3-17H,2H2,1H3;1-4H,(H,9,10)(H,11,12);1H/q+1;;/p-1. The summed E-state index contributed by atoms with van der Waals surface area (Å²) < 4.78 is 0. The maximum Gasteiger partial charge on any atom is 0.335 e. The van der Waals surface area contributed by atoms with Crippen LogP contribution in [0, 0.1) is 0 Å². The van der Waals surface area contributed by atoms with Crippen LogP contribution in [0.15, 0.2) is 115 Å². The highest BCUT2D eigenvalue weighted by Gasteiger charge is 2.43.